The van der Waals surface area contributed by atoms with Gasteiger partial charge in [-0.1, -0.05) is 6.58 Å². The van der Waals surface area contributed by atoms with Crippen LogP contribution in [0, 0.1) is 0 Å². The van der Waals surface area contributed by atoms with E-state index in [9.17, 15) is 0 Å². The second kappa shape index (κ2) is 2.47. The van der Waals surface area contributed by atoms with E-state index in [4.69, 9.17) is 0 Å². The van der Waals surface area contributed by atoms with Gasteiger partial charge < -0.3 is 0 Å². The van der Waals surface area contributed by atoms with Gasteiger partial charge in [-0.25, -0.2) is 0 Å². The van der Waals surface area contributed by atoms with Crippen molar-refractivity contribution in [3.05, 3.63) is 18.5 Å². The Morgan fingerprint density at radius 1 is 1.80 bits per heavy atom. The van der Waals surface area contributed by atoms with Crippen LogP contribution in [0.4, 0.5) is 5.69 Å². The molecule has 0 spiro atoms. The van der Waals surface area contributed by atoms with E-state index in [1.807, 2.05) is 6.92 Å². The molecule has 52 valence electrons. The molecule has 3 heteroatoms. The molecule has 0 aliphatic carbocycles. The predicted molar refractivity (Wildman–Crippen MR) is 42.5 cm³/mol. The summed E-state index contributed by atoms with van der Waals surface area (Å²) in [5.74, 6) is 0. The molecule has 0 saturated heterocycles. The lowest BCUT2D eigenvalue weighted by atomic mass is 10.2. The summed E-state index contributed by atoms with van der Waals surface area (Å²) in [6, 6.07) is 0. The topological polar surface area (TPSA) is 41.0 Å². The molecule has 0 saturated carbocycles. The van der Waals surface area contributed by atoms with Crippen molar-refractivity contribution in [2.24, 2.45) is 4.99 Å². The molecule has 0 aliphatic heterocycles. The van der Waals surface area contributed by atoms with Crippen molar-refractivity contribution in [3.63, 3.8) is 0 Å². The number of allylic oxidation sites excluding steroid dienone is 1. The fraction of sp³-hybridized carbons (Fsp3) is 0.143. The first kappa shape index (κ1) is 6.74. The summed E-state index contributed by atoms with van der Waals surface area (Å²) in [6.45, 7) is 9.03. The van der Waals surface area contributed by atoms with Crippen molar-refractivity contribution >= 4 is 18.0 Å². The molecule has 1 heterocycles. The maximum atomic E-state index is 3.79. The highest BCUT2D eigenvalue weighted by Crippen LogP contribution is 2.20. The van der Waals surface area contributed by atoms with E-state index in [2.05, 4.69) is 28.5 Å². The lowest BCUT2D eigenvalue weighted by Gasteiger charge is -1.93. The van der Waals surface area contributed by atoms with Gasteiger partial charge in [0.1, 0.15) is 5.69 Å². The molecule has 0 fully saturated rings. The molecule has 0 unspecified atom stereocenters. The van der Waals surface area contributed by atoms with Gasteiger partial charge in [0.2, 0.25) is 0 Å². The summed E-state index contributed by atoms with van der Waals surface area (Å²) >= 11 is 0. The number of aliphatic imine (C=N–C) groups is 1. The first-order valence-corrected chi connectivity index (χ1v) is 2.91. The fourth-order valence-electron chi connectivity index (χ4n) is 0.714. The molecule has 1 aromatic rings. The molecule has 0 atom stereocenters. The highest BCUT2D eigenvalue weighted by molar-refractivity contribution is 5.69. The molecule has 3 nitrogen and oxygen atoms in total. The van der Waals surface area contributed by atoms with Gasteiger partial charge >= 0.3 is 0 Å². The van der Waals surface area contributed by atoms with E-state index in [-0.39, 0.29) is 0 Å². The average Bonchev–Trinajstić information content (AvgIpc) is 2.33. The van der Waals surface area contributed by atoms with Gasteiger partial charge in [-0.2, -0.15) is 5.10 Å². The number of hydrogen-bond donors (Lipinski definition) is 1. The zero-order valence-corrected chi connectivity index (χ0v) is 5.89. The lowest BCUT2D eigenvalue weighted by molar-refractivity contribution is 1.07. The molecule has 0 bridgehead atoms. The van der Waals surface area contributed by atoms with Crippen LogP contribution in [0.15, 0.2) is 17.8 Å². The van der Waals surface area contributed by atoms with Crippen molar-refractivity contribution in [3.8, 4) is 0 Å². The molecule has 0 aliphatic rings. The van der Waals surface area contributed by atoms with Crippen LogP contribution in [0.3, 0.4) is 0 Å². The normalized spacial score (nSPS) is 9.30. The highest BCUT2D eigenvalue weighted by Gasteiger charge is 2.01. The summed E-state index contributed by atoms with van der Waals surface area (Å²) < 4.78 is 0. The average molecular weight is 135 g/mol. The van der Waals surface area contributed by atoms with Crippen LogP contribution in [-0.4, -0.2) is 16.9 Å². The van der Waals surface area contributed by atoms with E-state index >= 15 is 0 Å². The Kier molecular flexibility index (Phi) is 1.67. The molecule has 1 aromatic heterocycles. The molecule has 1 N–H and O–H groups in total. The van der Waals surface area contributed by atoms with Gasteiger partial charge in [0.25, 0.3) is 0 Å². The minimum absolute atomic E-state index is 0.757. The monoisotopic (exact) mass is 135 g/mol. The Hall–Kier alpha value is -1.38. The molecule has 0 radical (unpaired) electrons. The maximum absolute atomic E-state index is 3.79. The summed E-state index contributed by atoms with van der Waals surface area (Å²) in [4.78, 5) is 3.75. The third-order valence-corrected chi connectivity index (χ3v) is 1.22. The molecule has 10 heavy (non-hydrogen) atoms. The molecular weight excluding hydrogens is 126 g/mol. The first-order chi connectivity index (χ1) is 4.75. The third kappa shape index (κ3) is 0.978. The van der Waals surface area contributed by atoms with E-state index < -0.39 is 0 Å². The Morgan fingerprint density at radius 3 is 2.90 bits per heavy atom. The third-order valence-electron chi connectivity index (χ3n) is 1.22. The van der Waals surface area contributed by atoms with Crippen molar-refractivity contribution in [2.45, 2.75) is 6.92 Å². The van der Waals surface area contributed by atoms with Crippen molar-refractivity contribution < 1.29 is 0 Å². The highest BCUT2D eigenvalue weighted by atomic mass is 15.1. The zero-order valence-electron chi connectivity index (χ0n) is 5.89. The summed E-state index contributed by atoms with van der Waals surface area (Å²) in [6.07, 6.45) is 1.62. The molecule has 0 amide bonds. The van der Waals surface area contributed by atoms with Crippen LogP contribution in [0.25, 0.3) is 5.57 Å². The van der Waals surface area contributed by atoms with Gasteiger partial charge in [0.05, 0.1) is 11.9 Å². The summed E-state index contributed by atoms with van der Waals surface area (Å²) in [7, 11) is 0. The van der Waals surface area contributed by atoms with Crippen molar-refractivity contribution in [2.75, 3.05) is 0 Å². The largest absolute Gasteiger partial charge is 0.276 e. The van der Waals surface area contributed by atoms with E-state index in [0.29, 0.717) is 0 Å². The van der Waals surface area contributed by atoms with Crippen LogP contribution in [0.2, 0.25) is 0 Å². The fourth-order valence-corrected chi connectivity index (χ4v) is 0.714. The Labute approximate surface area is 59.5 Å². The van der Waals surface area contributed by atoms with E-state index in [0.717, 1.165) is 17.0 Å². The Morgan fingerprint density at radius 2 is 2.50 bits per heavy atom. The van der Waals surface area contributed by atoms with Crippen LogP contribution < -0.4 is 0 Å². The molecule has 1 rings (SSSR count). The number of hydrogen-bond acceptors (Lipinski definition) is 2. The molecule has 0 aromatic carbocycles. The second-order valence-corrected chi connectivity index (χ2v) is 2.07. The number of aromatic nitrogens is 2. The number of H-pyrrole nitrogens is 1. The quantitative estimate of drug-likeness (QED) is 0.617. The number of rotatable bonds is 2. The summed E-state index contributed by atoms with van der Waals surface area (Å²) in [5, 5.41) is 6.57. The van der Waals surface area contributed by atoms with Gasteiger partial charge in [-0.3, -0.25) is 10.1 Å². The van der Waals surface area contributed by atoms with Gasteiger partial charge in [0, 0.05) is 0 Å². The van der Waals surface area contributed by atoms with Gasteiger partial charge in [-0.15, -0.1) is 0 Å². The molecular formula is C7H9N3. The van der Waals surface area contributed by atoms with E-state index in [1.165, 1.54) is 0 Å². The maximum Gasteiger partial charge on any atom is 0.107 e. The van der Waals surface area contributed by atoms with E-state index in [1.54, 1.807) is 6.20 Å². The van der Waals surface area contributed by atoms with Crippen LogP contribution in [-0.2, 0) is 0 Å². The summed E-state index contributed by atoms with van der Waals surface area (Å²) in [5.41, 5.74) is 2.53. The second-order valence-electron chi connectivity index (χ2n) is 2.07. The number of nitrogens with one attached hydrogen (secondary N) is 1. The van der Waals surface area contributed by atoms with Crippen molar-refractivity contribution in [1.82, 2.24) is 10.2 Å². The van der Waals surface area contributed by atoms with Crippen molar-refractivity contribution in [1.29, 1.82) is 0 Å². The SMILES string of the molecule is C=Nc1cn[nH]c1C(=C)C. The Balaban J connectivity index is 3.13. The van der Waals surface area contributed by atoms with Gasteiger partial charge in [-0.05, 0) is 19.2 Å². The standard InChI is InChI=1S/C7H9N3/c1-5(2)7-6(8-3)4-9-10-7/h4H,1,3H2,2H3,(H,9,10). The minimum atomic E-state index is 0.757. The minimum Gasteiger partial charge on any atom is -0.276 e. The number of nitrogens with zero attached hydrogens (tertiary/aromatic N) is 2. The van der Waals surface area contributed by atoms with Gasteiger partial charge in [0.15, 0.2) is 0 Å². The smallest absolute Gasteiger partial charge is 0.107 e. The predicted octanol–water partition coefficient (Wildman–Crippen LogP) is 1.77. The van der Waals surface area contributed by atoms with Crippen LogP contribution in [0.5, 0.6) is 0 Å². The van der Waals surface area contributed by atoms with Crippen LogP contribution >= 0.6 is 0 Å². The number of aromatic amines is 1. The van der Waals surface area contributed by atoms with Crippen LogP contribution in [0.1, 0.15) is 12.6 Å². The Bertz CT molecular complexity index is 260. The lowest BCUT2D eigenvalue weighted by Crippen LogP contribution is -1.76. The zero-order chi connectivity index (χ0) is 7.56. The first-order valence-electron chi connectivity index (χ1n) is 2.91.